The standard InChI is InChI=1S/C11H14N2O3S/c1-7(8(2)11(15)16)10(14)13-4-3-9-12-5-6-17-9/h5-6H,3-4H2,1-2H3,(H,13,14)(H,15,16). The number of aliphatic carboxylic acids is 1. The number of carboxylic acid groups (broad SMARTS) is 1. The second kappa shape index (κ2) is 6.15. The zero-order valence-corrected chi connectivity index (χ0v) is 10.5. The Morgan fingerprint density at radius 1 is 1.41 bits per heavy atom. The summed E-state index contributed by atoms with van der Waals surface area (Å²) in [6.45, 7) is 3.37. The second-order valence-corrected chi connectivity index (χ2v) is 4.47. The Morgan fingerprint density at radius 2 is 2.12 bits per heavy atom. The lowest BCUT2D eigenvalue weighted by Gasteiger charge is -2.05. The fourth-order valence-corrected chi connectivity index (χ4v) is 1.74. The molecule has 0 aliphatic heterocycles. The summed E-state index contributed by atoms with van der Waals surface area (Å²) in [4.78, 5) is 26.3. The molecule has 1 heterocycles. The molecule has 0 aliphatic carbocycles. The molecule has 0 aromatic carbocycles. The van der Waals surface area contributed by atoms with E-state index in [0.717, 1.165) is 5.01 Å². The molecule has 0 fully saturated rings. The molecule has 0 bridgehead atoms. The first-order valence-corrected chi connectivity index (χ1v) is 5.97. The van der Waals surface area contributed by atoms with Crippen molar-refractivity contribution in [2.45, 2.75) is 20.3 Å². The smallest absolute Gasteiger partial charge is 0.331 e. The number of nitrogens with zero attached hydrogens (tertiary/aromatic N) is 1. The topological polar surface area (TPSA) is 79.3 Å². The fourth-order valence-electron chi connectivity index (χ4n) is 1.12. The molecule has 1 amide bonds. The van der Waals surface area contributed by atoms with E-state index >= 15 is 0 Å². The third-order valence-electron chi connectivity index (χ3n) is 2.33. The van der Waals surface area contributed by atoms with E-state index in [1.54, 1.807) is 6.20 Å². The van der Waals surface area contributed by atoms with Gasteiger partial charge in [-0.15, -0.1) is 11.3 Å². The van der Waals surface area contributed by atoms with Gasteiger partial charge < -0.3 is 10.4 Å². The molecule has 6 heteroatoms. The van der Waals surface area contributed by atoms with Gasteiger partial charge in [0, 0.05) is 35.7 Å². The third kappa shape index (κ3) is 3.99. The average Bonchev–Trinajstić information content (AvgIpc) is 2.79. The number of hydrogen-bond donors (Lipinski definition) is 2. The van der Waals surface area contributed by atoms with Gasteiger partial charge in [-0.1, -0.05) is 0 Å². The average molecular weight is 254 g/mol. The second-order valence-electron chi connectivity index (χ2n) is 3.49. The number of carbonyl (C=O) groups excluding carboxylic acids is 1. The van der Waals surface area contributed by atoms with Gasteiger partial charge in [0.25, 0.3) is 0 Å². The summed E-state index contributed by atoms with van der Waals surface area (Å²) < 4.78 is 0. The maximum absolute atomic E-state index is 11.6. The van der Waals surface area contributed by atoms with Gasteiger partial charge in [0.1, 0.15) is 0 Å². The molecule has 0 aliphatic rings. The van der Waals surface area contributed by atoms with Crippen molar-refractivity contribution in [1.29, 1.82) is 0 Å². The van der Waals surface area contributed by atoms with Crippen molar-refractivity contribution in [3.05, 3.63) is 27.7 Å². The van der Waals surface area contributed by atoms with E-state index in [0.29, 0.717) is 13.0 Å². The molecule has 5 nitrogen and oxygen atoms in total. The van der Waals surface area contributed by atoms with Crippen LogP contribution in [-0.4, -0.2) is 28.5 Å². The van der Waals surface area contributed by atoms with Crippen molar-refractivity contribution in [1.82, 2.24) is 10.3 Å². The summed E-state index contributed by atoms with van der Waals surface area (Å²) in [6.07, 6.45) is 2.37. The van der Waals surface area contributed by atoms with Gasteiger partial charge >= 0.3 is 5.97 Å². The van der Waals surface area contributed by atoms with Crippen molar-refractivity contribution in [3.63, 3.8) is 0 Å². The first-order chi connectivity index (χ1) is 8.02. The monoisotopic (exact) mass is 254 g/mol. The van der Waals surface area contributed by atoms with Crippen molar-refractivity contribution < 1.29 is 14.7 Å². The fraction of sp³-hybridized carbons (Fsp3) is 0.364. The van der Waals surface area contributed by atoms with E-state index in [1.807, 2.05) is 5.38 Å². The number of aromatic nitrogens is 1. The molecular formula is C11H14N2O3S. The Hall–Kier alpha value is -1.69. The minimum absolute atomic E-state index is 0.0664. The lowest BCUT2D eigenvalue weighted by Crippen LogP contribution is -2.27. The number of nitrogens with one attached hydrogen (secondary N) is 1. The normalized spacial score (nSPS) is 11.9. The van der Waals surface area contributed by atoms with Crippen LogP contribution in [-0.2, 0) is 16.0 Å². The number of carbonyl (C=O) groups is 2. The zero-order chi connectivity index (χ0) is 12.8. The highest BCUT2D eigenvalue weighted by molar-refractivity contribution is 7.09. The van der Waals surface area contributed by atoms with E-state index in [1.165, 1.54) is 25.2 Å². The molecule has 2 N–H and O–H groups in total. The number of amides is 1. The highest BCUT2D eigenvalue weighted by Gasteiger charge is 2.11. The van der Waals surface area contributed by atoms with E-state index < -0.39 is 5.97 Å². The number of hydrogen-bond acceptors (Lipinski definition) is 4. The first kappa shape index (κ1) is 13.4. The van der Waals surface area contributed by atoms with Crippen LogP contribution in [0.5, 0.6) is 0 Å². The van der Waals surface area contributed by atoms with Crippen LogP contribution in [0.25, 0.3) is 0 Å². The first-order valence-electron chi connectivity index (χ1n) is 5.09. The van der Waals surface area contributed by atoms with Crippen molar-refractivity contribution in [3.8, 4) is 0 Å². The maximum Gasteiger partial charge on any atom is 0.331 e. The molecular weight excluding hydrogens is 240 g/mol. The predicted octanol–water partition coefficient (Wildman–Crippen LogP) is 1.22. The molecule has 92 valence electrons. The van der Waals surface area contributed by atoms with Crippen LogP contribution in [0.15, 0.2) is 22.7 Å². The summed E-state index contributed by atoms with van der Waals surface area (Å²) >= 11 is 1.53. The number of thiazole rings is 1. The van der Waals surface area contributed by atoms with E-state index in [9.17, 15) is 9.59 Å². The molecule has 0 radical (unpaired) electrons. The van der Waals surface area contributed by atoms with Crippen LogP contribution >= 0.6 is 11.3 Å². The zero-order valence-electron chi connectivity index (χ0n) is 9.69. The number of rotatable bonds is 5. The molecule has 1 aromatic rings. The van der Waals surface area contributed by atoms with Gasteiger partial charge in [-0.3, -0.25) is 4.79 Å². The van der Waals surface area contributed by atoms with Gasteiger partial charge in [-0.2, -0.15) is 0 Å². The Kier molecular flexibility index (Phi) is 4.84. The van der Waals surface area contributed by atoms with Gasteiger partial charge in [0.05, 0.1) is 5.01 Å². The molecule has 0 unspecified atom stereocenters. The third-order valence-corrected chi connectivity index (χ3v) is 3.17. The largest absolute Gasteiger partial charge is 0.478 e. The van der Waals surface area contributed by atoms with Crippen LogP contribution < -0.4 is 5.32 Å². The molecule has 1 rings (SSSR count). The Morgan fingerprint density at radius 3 is 2.65 bits per heavy atom. The van der Waals surface area contributed by atoms with Crippen molar-refractivity contribution in [2.75, 3.05) is 6.54 Å². The molecule has 0 atom stereocenters. The SMILES string of the molecule is CC(C(=O)O)=C(C)C(=O)NCCc1nccs1. The van der Waals surface area contributed by atoms with Crippen LogP contribution in [0.2, 0.25) is 0 Å². The lowest BCUT2D eigenvalue weighted by molar-refractivity contribution is -0.133. The van der Waals surface area contributed by atoms with Crippen molar-refractivity contribution >= 4 is 23.2 Å². The van der Waals surface area contributed by atoms with E-state index in [2.05, 4.69) is 10.3 Å². The van der Waals surface area contributed by atoms with Gasteiger partial charge in [-0.25, -0.2) is 9.78 Å². The highest BCUT2D eigenvalue weighted by Crippen LogP contribution is 2.05. The summed E-state index contributed by atoms with van der Waals surface area (Å²) in [5.74, 6) is -1.42. The molecule has 0 spiro atoms. The van der Waals surface area contributed by atoms with Crippen LogP contribution in [0.4, 0.5) is 0 Å². The summed E-state index contributed by atoms with van der Waals surface area (Å²) in [5, 5.41) is 14.2. The van der Waals surface area contributed by atoms with Gasteiger partial charge in [0.2, 0.25) is 5.91 Å². The van der Waals surface area contributed by atoms with Crippen LogP contribution in [0.1, 0.15) is 18.9 Å². The molecule has 0 saturated heterocycles. The van der Waals surface area contributed by atoms with Crippen LogP contribution in [0, 0.1) is 0 Å². The molecule has 1 aromatic heterocycles. The summed E-state index contributed by atoms with van der Waals surface area (Å²) in [7, 11) is 0. The highest BCUT2D eigenvalue weighted by atomic mass is 32.1. The lowest BCUT2D eigenvalue weighted by atomic mass is 10.1. The predicted molar refractivity (Wildman–Crippen MR) is 64.8 cm³/mol. The van der Waals surface area contributed by atoms with Gasteiger partial charge in [0.15, 0.2) is 0 Å². The molecule has 17 heavy (non-hydrogen) atoms. The maximum atomic E-state index is 11.6. The minimum atomic E-state index is -1.07. The van der Waals surface area contributed by atoms with E-state index in [-0.39, 0.29) is 17.1 Å². The Bertz CT molecular complexity index is 438. The summed E-state index contributed by atoms with van der Waals surface area (Å²) in [5.41, 5.74) is 0.299. The van der Waals surface area contributed by atoms with Crippen molar-refractivity contribution in [2.24, 2.45) is 0 Å². The van der Waals surface area contributed by atoms with E-state index in [4.69, 9.17) is 5.11 Å². The quantitative estimate of drug-likeness (QED) is 0.774. The summed E-state index contributed by atoms with van der Waals surface area (Å²) in [6, 6.07) is 0. The number of carboxylic acids is 1. The Balaban J connectivity index is 2.45. The van der Waals surface area contributed by atoms with Crippen LogP contribution in [0.3, 0.4) is 0 Å². The Labute approximate surface area is 103 Å². The minimum Gasteiger partial charge on any atom is -0.478 e. The molecule has 0 saturated carbocycles. The van der Waals surface area contributed by atoms with Gasteiger partial charge in [-0.05, 0) is 13.8 Å².